The van der Waals surface area contributed by atoms with Crippen LogP contribution >= 0.6 is 12.2 Å². The van der Waals surface area contributed by atoms with Crippen LogP contribution in [0, 0.1) is 4.91 Å². The summed E-state index contributed by atoms with van der Waals surface area (Å²) >= 11 is 5.14. The standard InChI is InChI=1S/C10H19N3OS/c1-2-8-13(12-14)10(15)11-9-6-4-3-5-7-9/h9H,2-8H2,1H3,(H,11,15). The summed E-state index contributed by atoms with van der Waals surface area (Å²) in [6.45, 7) is 2.60. The summed E-state index contributed by atoms with van der Waals surface area (Å²) in [5.41, 5.74) is 0. The van der Waals surface area contributed by atoms with Gasteiger partial charge in [0.25, 0.3) is 0 Å². The van der Waals surface area contributed by atoms with E-state index in [4.69, 9.17) is 12.2 Å². The summed E-state index contributed by atoms with van der Waals surface area (Å²) in [4.78, 5) is 10.5. The molecule has 1 aliphatic carbocycles. The van der Waals surface area contributed by atoms with Crippen LogP contribution in [0.4, 0.5) is 0 Å². The average molecular weight is 229 g/mol. The van der Waals surface area contributed by atoms with Crippen molar-refractivity contribution in [2.45, 2.75) is 51.5 Å². The Morgan fingerprint density at radius 2 is 2.13 bits per heavy atom. The van der Waals surface area contributed by atoms with Gasteiger partial charge in [-0.15, -0.1) is 4.91 Å². The van der Waals surface area contributed by atoms with Crippen molar-refractivity contribution in [2.75, 3.05) is 6.54 Å². The van der Waals surface area contributed by atoms with Gasteiger partial charge < -0.3 is 5.32 Å². The van der Waals surface area contributed by atoms with Gasteiger partial charge in [-0.3, -0.25) is 0 Å². The van der Waals surface area contributed by atoms with Crippen LogP contribution in [0.2, 0.25) is 0 Å². The molecule has 0 saturated heterocycles. The topological polar surface area (TPSA) is 44.7 Å². The third-order valence-corrected chi connectivity index (χ3v) is 3.03. The van der Waals surface area contributed by atoms with Gasteiger partial charge in [0.1, 0.15) is 0 Å². The van der Waals surface area contributed by atoms with Gasteiger partial charge in [0.15, 0.2) is 5.11 Å². The maximum atomic E-state index is 10.5. The second kappa shape index (κ2) is 6.71. The van der Waals surface area contributed by atoms with Crippen molar-refractivity contribution in [3.05, 3.63) is 4.91 Å². The first-order valence-electron chi connectivity index (χ1n) is 5.69. The van der Waals surface area contributed by atoms with Crippen LogP contribution in [0.1, 0.15) is 45.4 Å². The van der Waals surface area contributed by atoms with E-state index in [1.54, 1.807) is 0 Å². The summed E-state index contributed by atoms with van der Waals surface area (Å²) in [7, 11) is 0. The van der Waals surface area contributed by atoms with Crippen LogP contribution in [-0.4, -0.2) is 22.7 Å². The predicted octanol–water partition coefficient (Wildman–Crippen LogP) is 2.59. The molecular formula is C10H19N3OS. The molecule has 4 nitrogen and oxygen atoms in total. The Morgan fingerprint density at radius 3 is 2.67 bits per heavy atom. The highest BCUT2D eigenvalue weighted by Gasteiger charge is 2.17. The monoisotopic (exact) mass is 229 g/mol. The molecule has 1 saturated carbocycles. The molecule has 0 spiro atoms. The van der Waals surface area contributed by atoms with Crippen molar-refractivity contribution >= 4 is 17.3 Å². The molecule has 1 N–H and O–H groups in total. The second-order valence-corrected chi connectivity index (χ2v) is 4.38. The number of nitroso groups, excluding NO2 is 1. The number of hydrogen-bond acceptors (Lipinski definition) is 3. The number of nitrogens with one attached hydrogen (secondary N) is 1. The zero-order chi connectivity index (χ0) is 11.1. The fraction of sp³-hybridized carbons (Fsp3) is 0.900. The summed E-state index contributed by atoms with van der Waals surface area (Å²) in [6, 6.07) is 0.437. The van der Waals surface area contributed by atoms with Crippen LogP contribution in [-0.2, 0) is 0 Å². The lowest BCUT2D eigenvalue weighted by Gasteiger charge is -2.26. The van der Waals surface area contributed by atoms with E-state index in [1.807, 2.05) is 6.92 Å². The zero-order valence-corrected chi connectivity index (χ0v) is 10.1. The number of nitrogens with zero attached hydrogens (tertiary/aromatic N) is 2. The van der Waals surface area contributed by atoms with Crippen molar-refractivity contribution in [1.29, 1.82) is 0 Å². The van der Waals surface area contributed by atoms with E-state index in [0.29, 0.717) is 17.7 Å². The molecule has 0 amide bonds. The molecule has 0 atom stereocenters. The van der Waals surface area contributed by atoms with Crippen LogP contribution in [0.5, 0.6) is 0 Å². The molecule has 0 aromatic heterocycles. The van der Waals surface area contributed by atoms with Crippen molar-refractivity contribution in [1.82, 2.24) is 10.3 Å². The highest BCUT2D eigenvalue weighted by molar-refractivity contribution is 7.80. The first-order chi connectivity index (χ1) is 7.27. The Kier molecular flexibility index (Phi) is 5.53. The molecule has 1 fully saturated rings. The van der Waals surface area contributed by atoms with E-state index in [-0.39, 0.29) is 0 Å². The van der Waals surface area contributed by atoms with E-state index in [9.17, 15) is 4.91 Å². The van der Waals surface area contributed by atoms with Crippen LogP contribution in [0.15, 0.2) is 5.29 Å². The lowest BCUT2D eigenvalue weighted by Crippen LogP contribution is -2.43. The molecule has 86 valence electrons. The summed E-state index contributed by atoms with van der Waals surface area (Å²) in [6.07, 6.45) is 7.00. The lowest BCUT2D eigenvalue weighted by atomic mass is 9.96. The first-order valence-corrected chi connectivity index (χ1v) is 6.10. The van der Waals surface area contributed by atoms with Crippen LogP contribution < -0.4 is 5.32 Å². The Hall–Kier alpha value is -0.710. The zero-order valence-electron chi connectivity index (χ0n) is 9.24. The second-order valence-electron chi connectivity index (χ2n) is 3.99. The summed E-state index contributed by atoms with van der Waals surface area (Å²) < 4.78 is 0. The Balaban J connectivity index is 2.34. The van der Waals surface area contributed by atoms with Crippen LogP contribution in [0.25, 0.3) is 0 Å². The summed E-state index contributed by atoms with van der Waals surface area (Å²) in [5.74, 6) is 0. The first kappa shape index (κ1) is 12.4. The van der Waals surface area contributed by atoms with E-state index < -0.39 is 0 Å². The van der Waals surface area contributed by atoms with Gasteiger partial charge in [0.05, 0.1) is 5.29 Å². The maximum absolute atomic E-state index is 10.5. The summed E-state index contributed by atoms with van der Waals surface area (Å²) in [5, 5.41) is 7.96. The van der Waals surface area contributed by atoms with Crippen molar-refractivity contribution in [3.8, 4) is 0 Å². The van der Waals surface area contributed by atoms with Crippen molar-refractivity contribution in [2.24, 2.45) is 5.29 Å². The van der Waals surface area contributed by atoms with Crippen molar-refractivity contribution < 1.29 is 0 Å². The van der Waals surface area contributed by atoms with Gasteiger partial charge >= 0.3 is 0 Å². The predicted molar refractivity (Wildman–Crippen MR) is 65.4 cm³/mol. The fourth-order valence-corrected chi connectivity index (χ4v) is 2.18. The quantitative estimate of drug-likeness (QED) is 0.457. The lowest BCUT2D eigenvalue weighted by molar-refractivity contribution is 0.377. The normalized spacial score (nSPS) is 17.1. The maximum Gasteiger partial charge on any atom is 0.192 e. The Labute approximate surface area is 96.4 Å². The van der Waals surface area contributed by atoms with E-state index in [1.165, 1.54) is 24.3 Å². The largest absolute Gasteiger partial charge is 0.358 e. The Morgan fingerprint density at radius 1 is 1.47 bits per heavy atom. The van der Waals surface area contributed by atoms with E-state index in [2.05, 4.69) is 10.6 Å². The molecule has 5 heteroatoms. The van der Waals surface area contributed by atoms with E-state index in [0.717, 1.165) is 19.3 Å². The average Bonchev–Trinajstić information content (AvgIpc) is 2.27. The molecular weight excluding hydrogens is 210 g/mol. The van der Waals surface area contributed by atoms with Gasteiger partial charge in [0.2, 0.25) is 0 Å². The Bertz CT molecular complexity index is 217. The molecule has 0 heterocycles. The third kappa shape index (κ3) is 4.11. The smallest absolute Gasteiger partial charge is 0.192 e. The van der Waals surface area contributed by atoms with E-state index >= 15 is 0 Å². The minimum Gasteiger partial charge on any atom is -0.358 e. The van der Waals surface area contributed by atoms with Gasteiger partial charge in [-0.05, 0) is 31.5 Å². The number of rotatable bonds is 4. The molecule has 1 rings (SSSR count). The molecule has 0 unspecified atom stereocenters. The minimum atomic E-state index is 0.437. The molecule has 0 aliphatic heterocycles. The van der Waals surface area contributed by atoms with Crippen LogP contribution in [0.3, 0.4) is 0 Å². The molecule has 1 aliphatic rings. The molecule has 0 bridgehead atoms. The number of thiocarbonyl (C=S) groups is 1. The third-order valence-electron chi connectivity index (χ3n) is 2.70. The van der Waals surface area contributed by atoms with Crippen molar-refractivity contribution in [3.63, 3.8) is 0 Å². The fourth-order valence-electron chi connectivity index (χ4n) is 1.89. The van der Waals surface area contributed by atoms with Gasteiger partial charge in [0, 0.05) is 12.6 Å². The van der Waals surface area contributed by atoms with Gasteiger partial charge in [-0.2, -0.15) is 0 Å². The molecule has 0 aromatic rings. The van der Waals surface area contributed by atoms with Gasteiger partial charge in [-0.25, -0.2) is 5.01 Å². The van der Waals surface area contributed by atoms with Gasteiger partial charge in [-0.1, -0.05) is 26.2 Å². The number of hydrogen-bond donors (Lipinski definition) is 1. The molecule has 0 aromatic carbocycles. The SMILES string of the molecule is CCCN(N=O)C(=S)NC1CCCCC1. The highest BCUT2D eigenvalue weighted by atomic mass is 32.1. The molecule has 0 radical (unpaired) electrons. The molecule has 15 heavy (non-hydrogen) atoms. The minimum absolute atomic E-state index is 0.437. The highest BCUT2D eigenvalue weighted by Crippen LogP contribution is 2.17.